The van der Waals surface area contributed by atoms with E-state index in [9.17, 15) is 13.2 Å². The minimum Gasteiger partial charge on any atom is -0.490 e. The molecule has 9 heteroatoms. The molecule has 0 fully saturated rings. The van der Waals surface area contributed by atoms with E-state index in [0.717, 1.165) is 16.7 Å². The van der Waals surface area contributed by atoms with Crippen molar-refractivity contribution in [1.82, 2.24) is 5.43 Å². The monoisotopic (exact) mass is 509 g/mol. The van der Waals surface area contributed by atoms with Crippen molar-refractivity contribution in [3.63, 3.8) is 0 Å². The number of carbonyl (C=O) groups excluding carboxylic acids is 1. The van der Waals surface area contributed by atoms with Crippen LogP contribution in [0.3, 0.4) is 0 Å². The molecule has 0 spiro atoms. The summed E-state index contributed by atoms with van der Waals surface area (Å²) < 4.78 is 37.4. The second-order valence-electron chi connectivity index (χ2n) is 8.01. The van der Waals surface area contributed by atoms with Crippen molar-refractivity contribution >= 4 is 27.8 Å². The highest BCUT2D eigenvalue weighted by Crippen LogP contribution is 2.28. The van der Waals surface area contributed by atoms with Crippen LogP contribution in [0.5, 0.6) is 11.5 Å². The van der Waals surface area contributed by atoms with Crippen LogP contribution in [0.2, 0.25) is 0 Å². The lowest BCUT2D eigenvalue weighted by Crippen LogP contribution is -2.29. The molecule has 0 aliphatic rings. The highest BCUT2D eigenvalue weighted by atomic mass is 32.2. The summed E-state index contributed by atoms with van der Waals surface area (Å²) in [5.74, 6) is 0.830. The molecule has 36 heavy (non-hydrogen) atoms. The van der Waals surface area contributed by atoms with Crippen LogP contribution in [-0.2, 0) is 16.6 Å². The number of sulfonamides is 1. The summed E-state index contributed by atoms with van der Waals surface area (Å²) in [6.45, 7) is 6.95. The van der Waals surface area contributed by atoms with E-state index in [2.05, 4.69) is 10.5 Å². The zero-order valence-electron chi connectivity index (χ0n) is 20.9. The van der Waals surface area contributed by atoms with Gasteiger partial charge in [-0.25, -0.2) is 13.8 Å². The van der Waals surface area contributed by atoms with E-state index in [0.29, 0.717) is 36.0 Å². The van der Waals surface area contributed by atoms with Crippen molar-refractivity contribution in [2.24, 2.45) is 5.10 Å². The largest absolute Gasteiger partial charge is 0.490 e. The third-order valence-electron chi connectivity index (χ3n) is 5.34. The van der Waals surface area contributed by atoms with Crippen molar-refractivity contribution in [2.75, 3.05) is 23.8 Å². The molecule has 1 amide bonds. The van der Waals surface area contributed by atoms with Crippen LogP contribution in [0, 0.1) is 6.92 Å². The molecule has 3 aromatic carbocycles. The Morgan fingerprint density at radius 2 is 1.64 bits per heavy atom. The summed E-state index contributed by atoms with van der Waals surface area (Å²) >= 11 is 0. The van der Waals surface area contributed by atoms with Gasteiger partial charge in [0.25, 0.3) is 5.91 Å². The zero-order chi connectivity index (χ0) is 26.1. The first-order valence-electron chi connectivity index (χ1n) is 11.6. The topological polar surface area (TPSA) is 97.3 Å². The highest BCUT2D eigenvalue weighted by Gasteiger charge is 2.19. The van der Waals surface area contributed by atoms with Gasteiger partial charge in [0, 0.05) is 5.56 Å². The molecular weight excluding hydrogens is 478 g/mol. The maximum absolute atomic E-state index is 12.6. The number of carbonyl (C=O) groups is 1. The van der Waals surface area contributed by atoms with Gasteiger partial charge in [-0.1, -0.05) is 24.3 Å². The molecule has 8 nitrogen and oxygen atoms in total. The number of amides is 1. The van der Waals surface area contributed by atoms with Crippen molar-refractivity contribution < 1.29 is 22.7 Å². The quantitative estimate of drug-likeness (QED) is 0.303. The van der Waals surface area contributed by atoms with E-state index >= 15 is 0 Å². The fourth-order valence-corrected chi connectivity index (χ4v) is 4.38. The number of nitrogens with zero attached hydrogens (tertiary/aromatic N) is 2. The number of hydrogen-bond donors (Lipinski definition) is 1. The first-order chi connectivity index (χ1) is 17.2. The van der Waals surface area contributed by atoms with Gasteiger partial charge in [-0.15, -0.1) is 0 Å². The number of benzene rings is 3. The van der Waals surface area contributed by atoms with E-state index in [1.165, 1.54) is 16.8 Å². The molecule has 0 aromatic heterocycles. The lowest BCUT2D eigenvalue weighted by atomic mass is 10.1. The second-order valence-corrected chi connectivity index (χ2v) is 9.92. The Morgan fingerprint density at radius 1 is 0.972 bits per heavy atom. The molecule has 0 aliphatic carbocycles. The molecule has 1 N–H and O–H groups in total. The Balaban J connectivity index is 1.70. The molecule has 0 radical (unpaired) electrons. The third-order valence-corrected chi connectivity index (χ3v) is 6.48. The number of anilines is 1. The van der Waals surface area contributed by atoms with Gasteiger partial charge >= 0.3 is 0 Å². The van der Waals surface area contributed by atoms with Gasteiger partial charge in [0.05, 0.1) is 37.9 Å². The number of aryl methyl sites for hydroxylation is 1. The van der Waals surface area contributed by atoms with Crippen molar-refractivity contribution in [1.29, 1.82) is 0 Å². The van der Waals surface area contributed by atoms with Gasteiger partial charge in [-0.2, -0.15) is 5.10 Å². The van der Waals surface area contributed by atoms with Gasteiger partial charge in [-0.3, -0.25) is 9.10 Å². The Labute approximate surface area is 212 Å². The van der Waals surface area contributed by atoms with Crippen LogP contribution in [0.1, 0.15) is 40.9 Å². The van der Waals surface area contributed by atoms with Crippen LogP contribution in [0.25, 0.3) is 0 Å². The summed E-state index contributed by atoms with van der Waals surface area (Å²) in [6.07, 6.45) is 2.68. The Bertz CT molecular complexity index is 1320. The summed E-state index contributed by atoms with van der Waals surface area (Å²) in [5.41, 5.74) is 5.95. The Kier molecular flexibility index (Phi) is 9.08. The van der Waals surface area contributed by atoms with Crippen molar-refractivity contribution in [3.05, 3.63) is 89.0 Å². The smallest absolute Gasteiger partial charge is 0.271 e. The average molecular weight is 510 g/mol. The van der Waals surface area contributed by atoms with Gasteiger partial charge in [0.2, 0.25) is 10.0 Å². The van der Waals surface area contributed by atoms with Gasteiger partial charge in [0.1, 0.15) is 0 Å². The second kappa shape index (κ2) is 12.2. The molecule has 3 rings (SSSR count). The molecule has 0 aliphatic heterocycles. The minimum absolute atomic E-state index is 0.202. The van der Waals surface area contributed by atoms with E-state index < -0.39 is 15.9 Å². The number of hydrogen-bond acceptors (Lipinski definition) is 6. The normalized spacial score (nSPS) is 11.3. The van der Waals surface area contributed by atoms with E-state index in [1.807, 2.05) is 51.1 Å². The van der Waals surface area contributed by atoms with E-state index in [4.69, 9.17) is 9.47 Å². The third kappa shape index (κ3) is 7.08. The van der Waals surface area contributed by atoms with Crippen LogP contribution in [0.15, 0.2) is 71.8 Å². The Morgan fingerprint density at radius 3 is 2.28 bits per heavy atom. The van der Waals surface area contributed by atoms with E-state index in [1.54, 1.807) is 36.4 Å². The standard InChI is InChI=1S/C27H31N3O5S/c1-5-34-25-16-11-21(17-26(25)35-6-2)18-28-29-27(31)22-12-14-24(15-13-22)30(36(4,32)33)19-23-10-8-7-9-20(23)3/h7-18H,5-6,19H2,1-4H3,(H,29,31)/b28-18-. The van der Waals surface area contributed by atoms with Crippen LogP contribution in [-0.4, -0.2) is 40.0 Å². The molecule has 3 aromatic rings. The minimum atomic E-state index is -3.54. The van der Waals surface area contributed by atoms with Crippen molar-refractivity contribution in [2.45, 2.75) is 27.3 Å². The molecule has 0 saturated carbocycles. The molecule has 0 heterocycles. The summed E-state index contributed by atoms with van der Waals surface area (Å²) in [4.78, 5) is 12.6. The van der Waals surface area contributed by atoms with Crippen LogP contribution in [0.4, 0.5) is 5.69 Å². The number of ether oxygens (including phenoxy) is 2. The molecule has 0 bridgehead atoms. The maximum atomic E-state index is 12.6. The molecule has 0 atom stereocenters. The average Bonchev–Trinajstić information content (AvgIpc) is 2.84. The van der Waals surface area contributed by atoms with Crippen LogP contribution < -0.4 is 19.2 Å². The molecular formula is C27H31N3O5S. The van der Waals surface area contributed by atoms with Crippen LogP contribution >= 0.6 is 0 Å². The molecule has 0 unspecified atom stereocenters. The van der Waals surface area contributed by atoms with Gasteiger partial charge < -0.3 is 9.47 Å². The fraction of sp³-hybridized carbons (Fsp3) is 0.259. The predicted octanol–water partition coefficient (Wildman–Crippen LogP) is 4.52. The summed E-state index contributed by atoms with van der Waals surface area (Å²) in [5, 5.41) is 4.03. The number of rotatable bonds is 11. The lowest BCUT2D eigenvalue weighted by Gasteiger charge is -2.23. The zero-order valence-corrected chi connectivity index (χ0v) is 21.7. The molecule has 0 saturated heterocycles. The predicted molar refractivity (Wildman–Crippen MR) is 142 cm³/mol. The number of nitrogens with one attached hydrogen (secondary N) is 1. The summed E-state index contributed by atoms with van der Waals surface area (Å²) in [6, 6.07) is 19.4. The fourth-order valence-electron chi connectivity index (χ4n) is 3.50. The van der Waals surface area contributed by atoms with E-state index in [-0.39, 0.29) is 6.54 Å². The highest BCUT2D eigenvalue weighted by molar-refractivity contribution is 7.92. The van der Waals surface area contributed by atoms with Gasteiger partial charge in [0.15, 0.2) is 11.5 Å². The molecule has 190 valence electrons. The number of hydrazone groups is 1. The summed E-state index contributed by atoms with van der Waals surface area (Å²) in [7, 11) is -3.54. The Hall–Kier alpha value is -3.85. The van der Waals surface area contributed by atoms with Gasteiger partial charge in [-0.05, 0) is 79.9 Å². The van der Waals surface area contributed by atoms with Crippen molar-refractivity contribution in [3.8, 4) is 11.5 Å². The lowest BCUT2D eigenvalue weighted by molar-refractivity contribution is 0.0955. The first kappa shape index (κ1) is 26.7. The SMILES string of the molecule is CCOc1ccc(/C=N\NC(=O)c2ccc(N(Cc3ccccc3C)S(C)(=O)=O)cc2)cc1OCC. The first-order valence-corrected chi connectivity index (χ1v) is 13.4. The maximum Gasteiger partial charge on any atom is 0.271 e.